The number of carbonyl (C=O) groups is 2. The lowest BCUT2D eigenvalue weighted by atomic mass is 10.0. The third kappa shape index (κ3) is 5.82. The second-order valence-corrected chi connectivity index (χ2v) is 8.70. The number of rotatable bonds is 8. The summed E-state index contributed by atoms with van der Waals surface area (Å²) >= 11 is 5.86. The molecule has 1 aromatic carbocycles. The topological polar surface area (TPSA) is 106 Å². The third-order valence-electron chi connectivity index (χ3n) is 3.77. The number of furan rings is 1. The molecule has 0 spiro atoms. The molecule has 0 aliphatic heterocycles. The number of nitrogens with one attached hydrogen (secondary N) is 1. The van der Waals surface area contributed by atoms with Gasteiger partial charge >= 0.3 is 5.97 Å². The molecule has 1 atom stereocenters. The lowest BCUT2D eigenvalue weighted by molar-refractivity contribution is -0.146. The van der Waals surface area contributed by atoms with Crippen molar-refractivity contribution in [3.05, 3.63) is 52.7 Å². The smallest absolute Gasteiger partial charge is 0.308 e. The van der Waals surface area contributed by atoms with Gasteiger partial charge in [-0.3, -0.25) is 9.59 Å². The molecule has 2 aromatic rings. The van der Waals surface area contributed by atoms with Gasteiger partial charge in [0, 0.05) is 26.0 Å². The summed E-state index contributed by atoms with van der Waals surface area (Å²) in [5, 5.41) is 2.99. The van der Waals surface area contributed by atoms with Gasteiger partial charge in [-0.15, -0.1) is 0 Å². The molecule has 8 nitrogen and oxygen atoms in total. The number of sulfonamides is 1. The van der Waals surface area contributed by atoms with Gasteiger partial charge in [-0.05, 0) is 29.8 Å². The van der Waals surface area contributed by atoms with Gasteiger partial charge in [-0.2, -0.15) is 0 Å². The summed E-state index contributed by atoms with van der Waals surface area (Å²) in [6.45, 7) is 1.12. The van der Waals surface area contributed by atoms with Crippen LogP contribution in [0.5, 0.6) is 0 Å². The Bertz CT molecular complexity index is 937. The molecule has 0 saturated carbocycles. The third-order valence-corrected chi connectivity index (χ3v) is 5.71. The van der Waals surface area contributed by atoms with Crippen molar-refractivity contribution in [2.24, 2.45) is 0 Å². The minimum absolute atomic E-state index is 0.106. The van der Waals surface area contributed by atoms with E-state index in [1.807, 2.05) is 0 Å². The SMILES string of the molecule is CC(=O)NC(CC(=O)OCc1ccc(S(=O)(=O)N(C)C)o1)c1ccc(Cl)cc1. The number of benzene rings is 1. The predicted molar refractivity (Wildman–Crippen MR) is 102 cm³/mol. The zero-order chi connectivity index (χ0) is 20.9. The van der Waals surface area contributed by atoms with Crippen molar-refractivity contribution in [3.8, 4) is 0 Å². The number of halogens is 1. The van der Waals surface area contributed by atoms with Gasteiger partial charge in [-0.1, -0.05) is 23.7 Å². The molecule has 0 radical (unpaired) electrons. The van der Waals surface area contributed by atoms with Crippen LogP contribution in [-0.4, -0.2) is 38.7 Å². The largest absolute Gasteiger partial charge is 0.457 e. The Kier molecular flexibility index (Phi) is 7.22. The first-order chi connectivity index (χ1) is 13.1. The highest BCUT2D eigenvalue weighted by molar-refractivity contribution is 7.88. The summed E-state index contributed by atoms with van der Waals surface area (Å²) in [5.41, 5.74) is 0.703. The van der Waals surface area contributed by atoms with E-state index in [1.54, 1.807) is 24.3 Å². The molecular weight excluding hydrogens is 408 g/mol. The molecule has 1 aromatic heterocycles. The Morgan fingerprint density at radius 3 is 2.39 bits per heavy atom. The van der Waals surface area contributed by atoms with Gasteiger partial charge in [0.1, 0.15) is 12.4 Å². The summed E-state index contributed by atoms with van der Waals surface area (Å²) in [7, 11) is -0.928. The van der Waals surface area contributed by atoms with Crippen LogP contribution >= 0.6 is 11.6 Å². The van der Waals surface area contributed by atoms with E-state index in [1.165, 1.54) is 33.2 Å². The molecule has 1 heterocycles. The van der Waals surface area contributed by atoms with Crippen LogP contribution in [-0.2, 0) is 31.0 Å². The van der Waals surface area contributed by atoms with Gasteiger partial charge in [0.25, 0.3) is 10.0 Å². The molecule has 1 N–H and O–H groups in total. The molecule has 1 unspecified atom stereocenters. The summed E-state index contributed by atoms with van der Waals surface area (Å²) < 4.78 is 35.4. The van der Waals surface area contributed by atoms with Gasteiger partial charge in [0.2, 0.25) is 11.0 Å². The van der Waals surface area contributed by atoms with Crippen molar-refractivity contribution in [1.82, 2.24) is 9.62 Å². The fraction of sp³-hybridized carbons (Fsp3) is 0.333. The molecule has 0 fully saturated rings. The van der Waals surface area contributed by atoms with Gasteiger partial charge in [-0.25, -0.2) is 12.7 Å². The Morgan fingerprint density at radius 2 is 1.82 bits per heavy atom. The molecule has 0 aliphatic rings. The second kappa shape index (κ2) is 9.22. The first kappa shape index (κ1) is 21.9. The maximum atomic E-state index is 12.2. The highest BCUT2D eigenvalue weighted by Crippen LogP contribution is 2.21. The second-order valence-electron chi connectivity index (χ2n) is 6.18. The van der Waals surface area contributed by atoms with E-state index in [-0.39, 0.29) is 29.8 Å². The lowest BCUT2D eigenvalue weighted by Gasteiger charge is -2.17. The van der Waals surface area contributed by atoms with Gasteiger partial charge < -0.3 is 14.5 Å². The van der Waals surface area contributed by atoms with Crippen molar-refractivity contribution in [1.29, 1.82) is 0 Å². The molecule has 28 heavy (non-hydrogen) atoms. The monoisotopic (exact) mass is 428 g/mol. The highest BCUT2D eigenvalue weighted by atomic mass is 35.5. The van der Waals surface area contributed by atoms with Crippen LogP contribution in [0.15, 0.2) is 45.9 Å². The number of nitrogens with zero attached hydrogens (tertiary/aromatic N) is 1. The van der Waals surface area contributed by atoms with E-state index in [9.17, 15) is 18.0 Å². The average molecular weight is 429 g/mol. The molecule has 1 amide bonds. The van der Waals surface area contributed by atoms with Crippen LogP contribution in [0.4, 0.5) is 0 Å². The number of hydrogen-bond acceptors (Lipinski definition) is 6. The van der Waals surface area contributed by atoms with E-state index in [2.05, 4.69) is 5.32 Å². The van der Waals surface area contributed by atoms with E-state index >= 15 is 0 Å². The van der Waals surface area contributed by atoms with E-state index in [4.69, 9.17) is 20.8 Å². The Hall–Kier alpha value is -2.36. The quantitative estimate of drug-likeness (QED) is 0.647. The van der Waals surface area contributed by atoms with Crippen LogP contribution in [0.3, 0.4) is 0 Å². The van der Waals surface area contributed by atoms with Gasteiger partial charge in [0.15, 0.2) is 0 Å². The molecule has 0 aliphatic carbocycles. The number of carbonyl (C=O) groups excluding carboxylic acids is 2. The van der Waals surface area contributed by atoms with Crippen LogP contribution in [0.2, 0.25) is 5.02 Å². The Balaban J connectivity index is 2.00. The maximum absolute atomic E-state index is 12.2. The zero-order valence-electron chi connectivity index (χ0n) is 15.6. The molecule has 2 rings (SSSR count). The molecule has 152 valence electrons. The van der Waals surface area contributed by atoms with Crippen LogP contribution in [0.1, 0.15) is 30.7 Å². The first-order valence-corrected chi connectivity index (χ1v) is 10.1. The predicted octanol–water partition coefficient (Wildman–Crippen LogP) is 2.49. The average Bonchev–Trinajstić information content (AvgIpc) is 3.09. The number of ether oxygens (including phenoxy) is 1. The summed E-state index contributed by atoms with van der Waals surface area (Å²) in [6, 6.07) is 8.88. The summed E-state index contributed by atoms with van der Waals surface area (Å²) in [4.78, 5) is 23.6. The van der Waals surface area contributed by atoms with Crippen molar-refractivity contribution in [2.45, 2.75) is 31.1 Å². The zero-order valence-corrected chi connectivity index (χ0v) is 17.2. The Morgan fingerprint density at radius 1 is 1.18 bits per heavy atom. The normalized spacial score (nSPS) is 12.6. The standard InChI is InChI=1S/C18H21ClN2O6S/c1-12(22)20-16(13-4-6-14(19)7-5-13)10-17(23)26-11-15-8-9-18(27-15)28(24,25)21(2)3/h4-9,16H,10-11H2,1-3H3,(H,20,22). The van der Waals surface area contributed by atoms with Crippen LogP contribution in [0.25, 0.3) is 0 Å². The van der Waals surface area contributed by atoms with E-state index in [0.717, 1.165) is 4.31 Å². The number of esters is 1. The Labute approximate surface area is 168 Å². The minimum Gasteiger partial charge on any atom is -0.457 e. The molecule has 0 bridgehead atoms. The van der Waals surface area contributed by atoms with Crippen LogP contribution in [0, 0.1) is 0 Å². The lowest BCUT2D eigenvalue weighted by Crippen LogP contribution is -2.28. The van der Waals surface area contributed by atoms with E-state index in [0.29, 0.717) is 10.6 Å². The minimum atomic E-state index is -3.70. The fourth-order valence-corrected chi connectivity index (χ4v) is 3.26. The van der Waals surface area contributed by atoms with Crippen LogP contribution < -0.4 is 5.32 Å². The van der Waals surface area contributed by atoms with Gasteiger partial charge in [0.05, 0.1) is 12.5 Å². The number of amides is 1. The molecular formula is C18H21ClN2O6S. The van der Waals surface area contributed by atoms with Crippen molar-refractivity contribution in [3.63, 3.8) is 0 Å². The highest BCUT2D eigenvalue weighted by Gasteiger charge is 2.22. The van der Waals surface area contributed by atoms with Crippen molar-refractivity contribution < 1.29 is 27.2 Å². The van der Waals surface area contributed by atoms with Crippen molar-refractivity contribution in [2.75, 3.05) is 14.1 Å². The maximum Gasteiger partial charge on any atom is 0.308 e. The molecule has 0 saturated heterocycles. The molecule has 10 heteroatoms. The summed E-state index contributed by atoms with van der Waals surface area (Å²) in [6.07, 6.45) is -0.106. The summed E-state index contributed by atoms with van der Waals surface area (Å²) in [5.74, 6) is -0.684. The first-order valence-electron chi connectivity index (χ1n) is 8.29. The van der Waals surface area contributed by atoms with E-state index < -0.39 is 22.0 Å². The number of hydrogen-bond donors (Lipinski definition) is 1. The fourth-order valence-electron chi connectivity index (χ4n) is 2.32. The van der Waals surface area contributed by atoms with Crippen molar-refractivity contribution >= 4 is 33.5 Å².